The standard InChI is InChI=1S/C29H33NO4/c31-24(28-16-14-22-10-4-6-12-26(22)33-28)19-30(18-21-8-2-1-3-9-21)20-25(32)29-17-15-23-11-5-7-13-27(23)34-29/h1-13,24-25,28-29,31-32H,14-20H2/t24-,25-,28-,29+/m0/s1. The highest BCUT2D eigenvalue weighted by Gasteiger charge is 2.31. The van der Waals surface area contributed by atoms with E-state index in [0.29, 0.717) is 19.6 Å². The highest BCUT2D eigenvalue weighted by atomic mass is 16.5. The third kappa shape index (κ3) is 5.44. The van der Waals surface area contributed by atoms with Crippen molar-refractivity contribution >= 4 is 0 Å². The Morgan fingerprint density at radius 1 is 0.676 bits per heavy atom. The molecule has 0 aliphatic carbocycles. The van der Waals surface area contributed by atoms with Gasteiger partial charge in [0.15, 0.2) is 0 Å². The fourth-order valence-electron chi connectivity index (χ4n) is 5.04. The molecule has 0 aromatic heterocycles. The van der Waals surface area contributed by atoms with E-state index >= 15 is 0 Å². The van der Waals surface area contributed by atoms with Crippen molar-refractivity contribution in [1.29, 1.82) is 0 Å². The van der Waals surface area contributed by atoms with E-state index < -0.39 is 12.2 Å². The van der Waals surface area contributed by atoms with Crippen molar-refractivity contribution in [3.8, 4) is 11.5 Å². The lowest BCUT2D eigenvalue weighted by atomic mass is 9.97. The molecule has 0 bridgehead atoms. The summed E-state index contributed by atoms with van der Waals surface area (Å²) in [5, 5.41) is 22.2. The van der Waals surface area contributed by atoms with Crippen LogP contribution < -0.4 is 9.47 Å². The zero-order chi connectivity index (χ0) is 23.3. The Balaban J connectivity index is 1.26. The minimum atomic E-state index is -0.655. The van der Waals surface area contributed by atoms with Crippen molar-refractivity contribution in [3.05, 3.63) is 95.6 Å². The zero-order valence-corrected chi connectivity index (χ0v) is 19.4. The van der Waals surface area contributed by atoms with Crippen LogP contribution in [0.3, 0.4) is 0 Å². The van der Waals surface area contributed by atoms with Gasteiger partial charge in [0, 0.05) is 19.6 Å². The van der Waals surface area contributed by atoms with Crippen LogP contribution in [0.4, 0.5) is 0 Å². The molecule has 3 aromatic carbocycles. The van der Waals surface area contributed by atoms with E-state index in [0.717, 1.165) is 42.7 Å². The second-order valence-electron chi connectivity index (χ2n) is 9.42. The maximum atomic E-state index is 11.1. The first-order valence-electron chi connectivity index (χ1n) is 12.3. The van der Waals surface area contributed by atoms with Crippen molar-refractivity contribution in [3.63, 3.8) is 0 Å². The largest absolute Gasteiger partial charge is 0.487 e. The van der Waals surface area contributed by atoms with Crippen molar-refractivity contribution in [2.75, 3.05) is 13.1 Å². The first kappa shape index (κ1) is 22.9. The average molecular weight is 460 g/mol. The summed E-state index contributed by atoms with van der Waals surface area (Å²) in [6, 6.07) is 26.3. The van der Waals surface area contributed by atoms with Gasteiger partial charge in [0.25, 0.3) is 0 Å². The van der Waals surface area contributed by atoms with Crippen molar-refractivity contribution in [1.82, 2.24) is 4.90 Å². The van der Waals surface area contributed by atoms with Gasteiger partial charge in [-0.15, -0.1) is 0 Å². The van der Waals surface area contributed by atoms with E-state index in [1.807, 2.05) is 54.6 Å². The smallest absolute Gasteiger partial charge is 0.126 e. The monoisotopic (exact) mass is 459 g/mol. The molecule has 4 atom stereocenters. The lowest BCUT2D eigenvalue weighted by Crippen LogP contribution is -2.48. The van der Waals surface area contributed by atoms with E-state index in [-0.39, 0.29) is 12.2 Å². The van der Waals surface area contributed by atoms with Crippen LogP contribution in [-0.4, -0.2) is 52.6 Å². The van der Waals surface area contributed by atoms with Crippen molar-refractivity contribution in [2.24, 2.45) is 0 Å². The number of para-hydroxylation sites is 2. The molecule has 2 aliphatic heterocycles. The Hall–Kier alpha value is -2.86. The van der Waals surface area contributed by atoms with E-state index in [9.17, 15) is 10.2 Å². The number of benzene rings is 3. The lowest BCUT2D eigenvalue weighted by Gasteiger charge is -2.35. The zero-order valence-electron chi connectivity index (χ0n) is 19.4. The number of hydrogen-bond donors (Lipinski definition) is 2. The highest BCUT2D eigenvalue weighted by molar-refractivity contribution is 5.36. The molecule has 3 aromatic rings. The Morgan fingerprint density at radius 3 is 1.68 bits per heavy atom. The number of rotatable bonds is 8. The first-order chi connectivity index (χ1) is 16.7. The second kappa shape index (κ2) is 10.6. The van der Waals surface area contributed by atoms with Gasteiger partial charge < -0.3 is 19.7 Å². The number of nitrogens with zero attached hydrogens (tertiary/aromatic N) is 1. The third-order valence-corrected chi connectivity index (χ3v) is 6.90. The summed E-state index contributed by atoms with van der Waals surface area (Å²) in [5.74, 6) is 1.73. The van der Waals surface area contributed by atoms with Crippen LogP contribution in [0.1, 0.15) is 29.5 Å². The number of aliphatic hydroxyl groups is 2. The molecule has 5 rings (SSSR count). The SMILES string of the molecule is O[C@@H](CN(Cc1ccccc1)C[C@H](O)[C@H]1CCc2ccccc2O1)[C@@H]1CCc2ccccc2O1. The number of fused-ring (bicyclic) bond motifs is 2. The lowest BCUT2D eigenvalue weighted by molar-refractivity contribution is -0.0295. The molecule has 5 heteroatoms. The number of aliphatic hydroxyl groups excluding tert-OH is 2. The van der Waals surface area contributed by atoms with Gasteiger partial charge in [0.2, 0.25) is 0 Å². The quantitative estimate of drug-likeness (QED) is 0.533. The van der Waals surface area contributed by atoms with Crippen molar-refractivity contribution < 1.29 is 19.7 Å². The van der Waals surface area contributed by atoms with Crippen LogP contribution in [0, 0.1) is 0 Å². The van der Waals surface area contributed by atoms with Crippen LogP contribution in [-0.2, 0) is 19.4 Å². The molecule has 0 amide bonds. The summed E-state index contributed by atoms with van der Waals surface area (Å²) in [6.45, 7) is 1.48. The predicted octanol–water partition coefficient (Wildman–Crippen LogP) is 4.00. The first-order valence-corrected chi connectivity index (χ1v) is 12.3. The second-order valence-corrected chi connectivity index (χ2v) is 9.42. The molecule has 0 saturated heterocycles. The minimum absolute atomic E-state index is 0.261. The molecule has 0 saturated carbocycles. The van der Waals surface area contributed by atoms with Crippen LogP contribution in [0.5, 0.6) is 11.5 Å². The van der Waals surface area contributed by atoms with Crippen molar-refractivity contribution in [2.45, 2.75) is 56.6 Å². The number of ether oxygens (including phenoxy) is 2. The van der Waals surface area contributed by atoms with Gasteiger partial charge in [-0.2, -0.15) is 0 Å². The molecule has 34 heavy (non-hydrogen) atoms. The Bertz CT molecular complexity index is 1010. The summed E-state index contributed by atoms with van der Waals surface area (Å²) < 4.78 is 12.3. The van der Waals surface area contributed by atoms with Gasteiger partial charge in [-0.3, -0.25) is 4.90 Å². The minimum Gasteiger partial charge on any atom is -0.487 e. The number of hydrogen-bond acceptors (Lipinski definition) is 5. The Morgan fingerprint density at radius 2 is 1.15 bits per heavy atom. The molecule has 2 heterocycles. The van der Waals surface area contributed by atoms with Gasteiger partial charge in [-0.25, -0.2) is 0 Å². The number of aryl methyl sites for hydroxylation is 2. The fourth-order valence-corrected chi connectivity index (χ4v) is 5.04. The molecule has 2 N–H and O–H groups in total. The van der Waals surface area contributed by atoms with Gasteiger partial charge >= 0.3 is 0 Å². The topological polar surface area (TPSA) is 62.2 Å². The predicted molar refractivity (Wildman–Crippen MR) is 132 cm³/mol. The molecule has 0 unspecified atom stereocenters. The summed E-state index contributed by atoms with van der Waals surface area (Å²) >= 11 is 0. The summed E-state index contributed by atoms with van der Waals surface area (Å²) in [6.07, 6.45) is 1.52. The maximum Gasteiger partial charge on any atom is 0.126 e. The molecule has 0 radical (unpaired) electrons. The normalized spacial score (nSPS) is 21.0. The summed E-state index contributed by atoms with van der Waals surface area (Å²) in [7, 11) is 0. The average Bonchev–Trinajstić information content (AvgIpc) is 2.88. The fraction of sp³-hybridized carbons (Fsp3) is 0.379. The third-order valence-electron chi connectivity index (χ3n) is 6.90. The molecular formula is C29H33NO4. The van der Waals surface area contributed by atoms with Gasteiger partial charge in [-0.05, 0) is 54.5 Å². The van der Waals surface area contributed by atoms with Crippen LogP contribution in [0.25, 0.3) is 0 Å². The van der Waals surface area contributed by atoms with E-state index in [1.165, 1.54) is 11.1 Å². The van der Waals surface area contributed by atoms with Gasteiger partial charge in [0.1, 0.15) is 35.9 Å². The summed E-state index contributed by atoms with van der Waals surface area (Å²) in [4.78, 5) is 2.12. The molecule has 5 nitrogen and oxygen atoms in total. The van der Waals surface area contributed by atoms with E-state index in [1.54, 1.807) is 0 Å². The maximum absolute atomic E-state index is 11.1. The Labute approximate surface area is 201 Å². The van der Waals surface area contributed by atoms with Crippen LogP contribution in [0.15, 0.2) is 78.9 Å². The van der Waals surface area contributed by atoms with Gasteiger partial charge in [-0.1, -0.05) is 66.7 Å². The van der Waals surface area contributed by atoms with Crippen LogP contribution >= 0.6 is 0 Å². The van der Waals surface area contributed by atoms with E-state index in [2.05, 4.69) is 29.2 Å². The molecular weight excluding hydrogens is 426 g/mol. The highest BCUT2D eigenvalue weighted by Crippen LogP contribution is 2.30. The van der Waals surface area contributed by atoms with Gasteiger partial charge in [0.05, 0.1) is 0 Å². The molecule has 0 spiro atoms. The summed E-state index contributed by atoms with van der Waals surface area (Å²) in [5.41, 5.74) is 3.53. The molecule has 0 fully saturated rings. The Kier molecular flexibility index (Phi) is 7.14. The van der Waals surface area contributed by atoms with E-state index in [4.69, 9.17) is 9.47 Å². The molecule has 178 valence electrons. The molecule has 2 aliphatic rings. The van der Waals surface area contributed by atoms with Crippen LogP contribution in [0.2, 0.25) is 0 Å².